The summed E-state index contributed by atoms with van der Waals surface area (Å²) >= 11 is 1.27. The van der Waals surface area contributed by atoms with Gasteiger partial charge in [0.25, 0.3) is 0 Å². The van der Waals surface area contributed by atoms with Crippen molar-refractivity contribution in [2.45, 2.75) is 56.3 Å². The molecule has 0 saturated carbocycles. The molecule has 2 heterocycles. The van der Waals surface area contributed by atoms with Crippen molar-refractivity contribution in [2.75, 3.05) is 13.1 Å². The van der Waals surface area contributed by atoms with Crippen LogP contribution in [0, 0.1) is 0 Å². The summed E-state index contributed by atoms with van der Waals surface area (Å²) in [6.45, 7) is 5.71. The van der Waals surface area contributed by atoms with E-state index in [-0.39, 0.29) is 25.9 Å². The molecule has 0 bridgehead atoms. The molecule has 0 unspecified atom stereocenters. The first-order valence-corrected chi connectivity index (χ1v) is 12.4. The summed E-state index contributed by atoms with van der Waals surface area (Å²) in [6, 6.07) is 6.04. The van der Waals surface area contributed by atoms with Crippen molar-refractivity contribution in [3.8, 4) is 10.4 Å². The van der Waals surface area contributed by atoms with E-state index in [2.05, 4.69) is 4.72 Å². The maximum Gasteiger partial charge on any atom is 0.417 e. The molecule has 3 rings (SSSR count). The zero-order valence-electron chi connectivity index (χ0n) is 17.9. The smallest absolute Gasteiger partial charge is 0.417 e. The fourth-order valence-electron chi connectivity index (χ4n) is 3.37. The molecule has 1 aliphatic rings. The summed E-state index contributed by atoms with van der Waals surface area (Å²) in [6.07, 6.45) is -4.79. The number of rotatable bonds is 4. The van der Waals surface area contributed by atoms with E-state index in [0.717, 1.165) is 12.1 Å². The number of carbonyl (C=O) groups is 1. The van der Waals surface area contributed by atoms with Crippen molar-refractivity contribution >= 4 is 27.5 Å². The standard InChI is InChI=1S/C21H25F3N2O4S2/c1-20(2,3)30-19(27)26-10-8-15(9-11-26)25-32(28,29)18-7-6-14(17-5-4-12-31-17)13-16(18)21(22,23)24/h4-7,12-13,15,25H,8-11H2,1-3H3. The Morgan fingerprint density at radius 2 is 1.81 bits per heavy atom. The number of sulfonamides is 1. The van der Waals surface area contributed by atoms with E-state index in [9.17, 15) is 26.4 Å². The molecule has 0 spiro atoms. The average molecular weight is 491 g/mol. The number of hydrogen-bond donors (Lipinski definition) is 1. The van der Waals surface area contributed by atoms with Crippen molar-refractivity contribution in [3.05, 3.63) is 41.3 Å². The molecular formula is C21H25F3N2O4S2. The van der Waals surface area contributed by atoms with Gasteiger partial charge in [-0.05, 0) is 62.8 Å². The number of alkyl halides is 3. The van der Waals surface area contributed by atoms with Crippen LogP contribution in [0.4, 0.5) is 18.0 Å². The van der Waals surface area contributed by atoms with Gasteiger partial charge in [0, 0.05) is 24.0 Å². The van der Waals surface area contributed by atoms with Crippen LogP contribution in [0.3, 0.4) is 0 Å². The predicted octanol–water partition coefficient (Wildman–Crippen LogP) is 5.11. The molecule has 6 nitrogen and oxygen atoms in total. The van der Waals surface area contributed by atoms with Crippen molar-refractivity contribution in [2.24, 2.45) is 0 Å². The van der Waals surface area contributed by atoms with E-state index in [1.807, 2.05) is 0 Å². The third-order valence-electron chi connectivity index (χ3n) is 4.85. The Balaban J connectivity index is 1.75. The molecule has 32 heavy (non-hydrogen) atoms. The first kappa shape index (κ1) is 24.5. The lowest BCUT2D eigenvalue weighted by Crippen LogP contribution is -2.47. The van der Waals surface area contributed by atoms with Gasteiger partial charge in [0.2, 0.25) is 10.0 Å². The highest BCUT2D eigenvalue weighted by molar-refractivity contribution is 7.89. The van der Waals surface area contributed by atoms with Gasteiger partial charge in [0.1, 0.15) is 5.60 Å². The Hall–Kier alpha value is -2.11. The van der Waals surface area contributed by atoms with E-state index in [1.165, 1.54) is 22.3 Å². The average Bonchev–Trinajstić information content (AvgIpc) is 3.20. The summed E-state index contributed by atoms with van der Waals surface area (Å²) < 4.78 is 74.5. The van der Waals surface area contributed by atoms with Crippen LogP contribution in [0.15, 0.2) is 40.6 Å². The second-order valence-corrected chi connectivity index (χ2v) is 11.2. The number of nitrogens with zero attached hydrogens (tertiary/aromatic N) is 1. The number of nitrogens with one attached hydrogen (secondary N) is 1. The third-order valence-corrected chi connectivity index (χ3v) is 7.35. The van der Waals surface area contributed by atoms with Crippen LogP contribution in [0.5, 0.6) is 0 Å². The lowest BCUT2D eigenvalue weighted by Gasteiger charge is -2.33. The molecule has 1 amide bonds. The minimum atomic E-state index is -4.84. The Labute approximate surface area is 189 Å². The van der Waals surface area contributed by atoms with Gasteiger partial charge in [-0.1, -0.05) is 12.1 Å². The molecule has 2 aromatic rings. The molecule has 1 aromatic heterocycles. The molecule has 0 atom stereocenters. The monoisotopic (exact) mass is 490 g/mol. The maximum atomic E-state index is 13.7. The highest BCUT2D eigenvalue weighted by Gasteiger charge is 2.38. The molecule has 11 heteroatoms. The second-order valence-electron chi connectivity index (χ2n) is 8.55. The predicted molar refractivity (Wildman–Crippen MR) is 116 cm³/mol. The van der Waals surface area contributed by atoms with Crippen LogP contribution in [0.1, 0.15) is 39.2 Å². The SMILES string of the molecule is CC(C)(C)OC(=O)N1CCC(NS(=O)(=O)c2ccc(-c3cccs3)cc2C(F)(F)F)CC1. The molecule has 0 aliphatic carbocycles. The van der Waals surface area contributed by atoms with Gasteiger partial charge in [-0.25, -0.2) is 17.9 Å². The summed E-state index contributed by atoms with van der Waals surface area (Å²) in [5.74, 6) is 0. The van der Waals surface area contributed by atoms with E-state index >= 15 is 0 Å². The number of halogens is 3. The summed E-state index contributed by atoms with van der Waals surface area (Å²) in [7, 11) is -4.43. The Morgan fingerprint density at radius 1 is 1.16 bits per heavy atom. The summed E-state index contributed by atoms with van der Waals surface area (Å²) in [4.78, 5) is 13.4. The number of benzene rings is 1. The van der Waals surface area contributed by atoms with Gasteiger partial charge < -0.3 is 9.64 Å². The van der Waals surface area contributed by atoms with Crippen LogP contribution in [-0.4, -0.2) is 44.1 Å². The highest BCUT2D eigenvalue weighted by atomic mass is 32.2. The second kappa shape index (κ2) is 9.03. The van der Waals surface area contributed by atoms with Gasteiger partial charge in [-0.3, -0.25) is 0 Å². The number of amides is 1. The molecule has 1 fully saturated rings. The fraction of sp³-hybridized carbons (Fsp3) is 0.476. The number of piperidine rings is 1. The molecule has 1 aliphatic heterocycles. The third kappa shape index (κ3) is 6.02. The van der Waals surface area contributed by atoms with Gasteiger partial charge in [0.15, 0.2) is 0 Å². The van der Waals surface area contributed by atoms with Crippen LogP contribution in [-0.2, 0) is 20.9 Å². The highest BCUT2D eigenvalue weighted by Crippen LogP contribution is 2.38. The van der Waals surface area contributed by atoms with Gasteiger partial charge in [-0.15, -0.1) is 11.3 Å². The molecule has 176 valence electrons. The zero-order valence-corrected chi connectivity index (χ0v) is 19.5. The topological polar surface area (TPSA) is 75.7 Å². The van der Waals surface area contributed by atoms with Crippen LogP contribution in [0.25, 0.3) is 10.4 Å². The van der Waals surface area contributed by atoms with E-state index < -0.39 is 44.4 Å². The summed E-state index contributed by atoms with van der Waals surface area (Å²) in [5.41, 5.74) is -1.56. The normalized spacial score (nSPS) is 16.2. The van der Waals surface area contributed by atoms with Gasteiger partial charge in [0.05, 0.1) is 10.5 Å². The van der Waals surface area contributed by atoms with Gasteiger partial charge >= 0.3 is 12.3 Å². The van der Waals surface area contributed by atoms with E-state index in [0.29, 0.717) is 10.4 Å². The lowest BCUT2D eigenvalue weighted by atomic mass is 10.1. The number of carbonyl (C=O) groups excluding carboxylic acids is 1. The molecule has 1 N–H and O–H groups in total. The van der Waals surface area contributed by atoms with Crippen LogP contribution >= 0.6 is 11.3 Å². The Kier molecular flexibility index (Phi) is 6.92. The van der Waals surface area contributed by atoms with Crippen LogP contribution < -0.4 is 4.72 Å². The van der Waals surface area contributed by atoms with Crippen molar-refractivity contribution in [3.63, 3.8) is 0 Å². The number of likely N-dealkylation sites (tertiary alicyclic amines) is 1. The van der Waals surface area contributed by atoms with Crippen molar-refractivity contribution in [1.82, 2.24) is 9.62 Å². The minimum absolute atomic E-state index is 0.242. The molecule has 1 aromatic carbocycles. The number of thiophene rings is 1. The fourth-order valence-corrected chi connectivity index (χ4v) is 5.61. The largest absolute Gasteiger partial charge is 0.444 e. The number of ether oxygens (including phenoxy) is 1. The zero-order chi connectivity index (χ0) is 23.7. The molecular weight excluding hydrogens is 465 g/mol. The Morgan fingerprint density at radius 3 is 2.34 bits per heavy atom. The van der Waals surface area contributed by atoms with Crippen molar-refractivity contribution < 1.29 is 31.1 Å². The minimum Gasteiger partial charge on any atom is -0.444 e. The first-order chi connectivity index (χ1) is 14.8. The Bertz CT molecular complexity index is 1050. The molecule has 1 saturated heterocycles. The lowest BCUT2D eigenvalue weighted by molar-refractivity contribution is -0.139. The van der Waals surface area contributed by atoms with Gasteiger partial charge in [-0.2, -0.15) is 13.2 Å². The molecule has 0 radical (unpaired) electrons. The van der Waals surface area contributed by atoms with Crippen LogP contribution in [0.2, 0.25) is 0 Å². The van der Waals surface area contributed by atoms with E-state index in [1.54, 1.807) is 38.3 Å². The van der Waals surface area contributed by atoms with E-state index in [4.69, 9.17) is 4.74 Å². The quantitative estimate of drug-likeness (QED) is 0.646. The summed E-state index contributed by atoms with van der Waals surface area (Å²) in [5, 5.41) is 1.73. The number of hydrogen-bond acceptors (Lipinski definition) is 5. The van der Waals surface area contributed by atoms with Crippen molar-refractivity contribution in [1.29, 1.82) is 0 Å². The maximum absolute atomic E-state index is 13.7. The first-order valence-electron chi connectivity index (χ1n) is 10.0.